The highest BCUT2D eigenvalue weighted by Gasteiger charge is 2.25. The number of urea groups is 1. The van der Waals surface area contributed by atoms with Gasteiger partial charge in [-0.2, -0.15) is 0 Å². The molecule has 3 N–H and O–H groups in total. The molecule has 4 heteroatoms. The molecule has 0 fully saturated rings. The summed E-state index contributed by atoms with van der Waals surface area (Å²) in [6.07, 6.45) is 6.82. The maximum Gasteiger partial charge on any atom is 0.315 e. The predicted molar refractivity (Wildman–Crippen MR) is 71.1 cm³/mol. The average molecular weight is 241 g/mol. The molecule has 1 aromatic heterocycles. The van der Waals surface area contributed by atoms with Gasteiger partial charge in [-0.3, -0.25) is 0 Å². The van der Waals surface area contributed by atoms with E-state index in [2.05, 4.69) is 17.1 Å². The first kappa shape index (κ1) is 10.9. The van der Waals surface area contributed by atoms with E-state index in [0.29, 0.717) is 6.54 Å². The molecule has 1 aliphatic heterocycles. The molecule has 0 radical (unpaired) electrons. The molecule has 3 rings (SSSR count). The maximum absolute atomic E-state index is 11.5. The molecule has 2 amide bonds. The number of fused-ring (bicyclic) bond motifs is 1. The van der Waals surface area contributed by atoms with Crippen LogP contribution in [0.4, 0.5) is 4.79 Å². The Kier molecular flexibility index (Phi) is 2.55. The van der Waals surface area contributed by atoms with Gasteiger partial charge in [-0.25, -0.2) is 4.79 Å². The van der Waals surface area contributed by atoms with E-state index in [9.17, 15) is 4.79 Å². The van der Waals surface area contributed by atoms with Crippen molar-refractivity contribution in [1.29, 1.82) is 0 Å². The monoisotopic (exact) mass is 241 g/mol. The third-order valence-corrected chi connectivity index (χ3v) is 3.48. The van der Waals surface area contributed by atoms with Gasteiger partial charge < -0.3 is 15.6 Å². The second-order valence-corrected chi connectivity index (χ2v) is 4.50. The van der Waals surface area contributed by atoms with Gasteiger partial charge in [0, 0.05) is 23.6 Å². The fraction of sp³-hybridized carbons (Fsp3) is 0.214. The number of nitrogens with one attached hydrogen (secondary N) is 1. The van der Waals surface area contributed by atoms with Gasteiger partial charge in [-0.1, -0.05) is 24.3 Å². The van der Waals surface area contributed by atoms with Crippen LogP contribution in [-0.4, -0.2) is 22.5 Å². The molecule has 92 valence electrons. The standard InChI is InChI=1S/C14H15N3O/c15-14(18)17-9-2-1-6-13(17)11-4-3-5-12-10(11)7-8-16-12/h1-5,7-8,13,16H,6,9H2,(H2,15,18). The number of aromatic nitrogens is 1. The number of nitrogens with zero attached hydrogens (tertiary/aromatic N) is 1. The number of amides is 2. The van der Waals surface area contributed by atoms with E-state index in [1.165, 1.54) is 0 Å². The minimum atomic E-state index is -0.364. The summed E-state index contributed by atoms with van der Waals surface area (Å²) >= 11 is 0. The van der Waals surface area contributed by atoms with Crippen LogP contribution in [0, 0.1) is 0 Å². The van der Waals surface area contributed by atoms with E-state index < -0.39 is 0 Å². The van der Waals surface area contributed by atoms with Gasteiger partial charge in [-0.05, 0) is 24.1 Å². The zero-order valence-electron chi connectivity index (χ0n) is 9.97. The van der Waals surface area contributed by atoms with Gasteiger partial charge in [-0.15, -0.1) is 0 Å². The van der Waals surface area contributed by atoms with E-state index in [-0.39, 0.29) is 12.1 Å². The van der Waals surface area contributed by atoms with Crippen LogP contribution in [0.2, 0.25) is 0 Å². The largest absolute Gasteiger partial charge is 0.361 e. The number of aromatic amines is 1. The minimum Gasteiger partial charge on any atom is -0.361 e. The molecule has 18 heavy (non-hydrogen) atoms. The molecule has 2 heterocycles. The van der Waals surface area contributed by atoms with E-state index in [0.717, 1.165) is 22.9 Å². The van der Waals surface area contributed by atoms with Crippen molar-refractivity contribution in [2.75, 3.05) is 6.54 Å². The lowest BCUT2D eigenvalue weighted by atomic mass is 9.96. The number of carbonyl (C=O) groups excluding carboxylic acids is 1. The quantitative estimate of drug-likeness (QED) is 0.740. The lowest BCUT2D eigenvalue weighted by molar-refractivity contribution is 0.189. The van der Waals surface area contributed by atoms with Gasteiger partial charge in [0.15, 0.2) is 0 Å². The van der Waals surface area contributed by atoms with Crippen molar-refractivity contribution < 1.29 is 4.79 Å². The number of hydrogen-bond acceptors (Lipinski definition) is 1. The summed E-state index contributed by atoms with van der Waals surface area (Å²) in [6.45, 7) is 0.584. The van der Waals surface area contributed by atoms with Gasteiger partial charge in [0.1, 0.15) is 0 Å². The van der Waals surface area contributed by atoms with Crippen molar-refractivity contribution in [2.24, 2.45) is 5.73 Å². The van der Waals surface area contributed by atoms with Gasteiger partial charge in [0.25, 0.3) is 0 Å². The molecular weight excluding hydrogens is 226 g/mol. The van der Waals surface area contributed by atoms with Crippen LogP contribution in [0.5, 0.6) is 0 Å². The van der Waals surface area contributed by atoms with Crippen molar-refractivity contribution in [2.45, 2.75) is 12.5 Å². The molecule has 4 nitrogen and oxygen atoms in total. The normalized spacial score (nSPS) is 19.3. The Balaban J connectivity index is 2.10. The number of carbonyl (C=O) groups is 1. The van der Waals surface area contributed by atoms with Gasteiger partial charge in [0.2, 0.25) is 0 Å². The first-order valence-corrected chi connectivity index (χ1v) is 6.04. The summed E-state index contributed by atoms with van der Waals surface area (Å²) in [7, 11) is 0. The molecule has 1 unspecified atom stereocenters. The van der Waals surface area contributed by atoms with Gasteiger partial charge in [0.05, 0.1) is 6.04 Å². The number of rotatable bonds is 1. The summed E-state index contributed by atoms with van der Waals surface area (Å²) in [6, 6.07) is 7.82. The molecular formula is C14H15N3O. The van der Waals surface area contributed by atoms with E-state index in [1.54, 1.807) is 4.90 Å². The third kappa shape index (κ3) is 1.66. The maximum atomic E-state index is 11.5. The van der Waals surface area contributed by atoms with E-state index in [1.807, 2.05) is 30.5 Å². The number of nitrogens with two attached hydrogens (primary N) is 1. The smallest absolute Gasteiger partial charge is 0.315 e. The number of hydrogen-bond donors (Lipinski definition) is 2. The molecule has 0 bridgehead atoms. The molecule has 2 aromatic rings. The predicted octanol–water partition coefficient (Wildman–Crippen LogP) is 2.55. The van der Waals surface area contributed by atoms with Crippen LogP contribution in [0.1, 0.15) is 18.0 Å². The highest BCUT2D eigenvalue weighted by Crippen LogP contribution is 2.32. The zero-order chi connectivity index (χ0) is 12.5. The highest BCUT2D eigenvalue weighted by atomic mass is 16.2. The van der Waals surface area contributed by atoms with Crippen LogP contribution < -0.4 is 5.73 Å². The number of H-pyrrole nitrogens is 1. The lowest BCUT2D eigenvalue weighted by Crippen LogP contribution is -2.40. The fourth-order valence-corrected chi connectivity index (χ4v) is 2.61. The Morgan fingerprint density at radius 3 is 3.06 bits per heavy atom. The number of benzene rings is 1. The Bertz CT molecular complexity index is 614. The SMILES string of the molecule is NC(=O)N1CC=CCC1c1cccc2[nH]ccc12. The van der Waals surface area contributed by atoms with Crippen molar-refractivity contribution in [3.8, 4) is 0 Å². The highest BCUT2D eigenvalue weighted by molar-refractivity contribution is 5.84. The molecule has 0 spiro atoms. The summed E-state index contributed by atoms with van der Waals surface area (Å²) in [5.41, 5.74) is 7.70. The van der Waals surface area contributed by atoms with E-state index >= 15 is 0 Å². The second-order valence-electron chi connectivity index (χ2n) is 4.50. The summed E-state index contributed by atoms with van der Waals surface area (Å²) in [5, 5.41) is 1.16. The van der Waals surface area contributed by atoms with Crippen molar-refractivity contribution >= 4 is 16.9 Å². The van der Waals surface area contributed by atoms with Crippen LogP contribution in [-0.2, 0) is 0 Å². The van der Waals surface area contributed by atoms with Crippen LogP contribution >= 0.6 is 0 Å². The van der Waals surface area contributed by atoms with Crippen LogP contribution in [0.3, 0.4) is 0 Å². The molecule has 1 aliphatic rings. The third-order valence-electron chi connectivity index (χ3n) is 3.48. The topological polar surface area (TPSA) is 62.1 Å². The van der Waals surface area contributed by atoms with Crippen molar-refractivity contribution in [3.05, 3.63) is 48.2 Å². The molecule has 1 aromatic carbocycles. The van der Waals surface area contributed by atoms with Crippen LogP contribution in [0.25, 0.3) is 10.9 Å². The van der Waals surface area contributed by atoms with Crippen molar-refractivity contribution in [1.82, 2.24) is 9.88 Å². The van der Waals surface area contributed by atoms with Crippen LogP contribution in [0.15, 0.2) is 42.6 Å². The molecule has 0 saturated carbocycles. The first-order chi connectivity index (χ1) is 8.77. The van der Waals surface area contributed by atoms with Gasteiger partial charge >= 0.3 is 6.03 Å². The number of primary amides is 1. The Morgan fingerprint density at radius 1 is 1.33 bits per heavy atom. The summed E-state index contributed by atoms with van der Waals surface area (Å²) < 4.78 is 0. The Morgan fingerprint density at radius 2 is 2.22 bits per heavy atom. The second kappa shape index (κ2) is 4.22. The summed E-state index contributed by atoms with van der Waals surface area (Å²) in [5.74, 6) is 0. The lowest BCUT2D eigenvalue weighted by Gasteiger charge is -2.32. The molecule has 0 saturated heterocycles. The average Bonchev–Trinajstić information content (AvgIpc) is 2.86. The summed E-state index contributed by atoms with van der Waals surface area (Å²) in [4.78, 5) is 16.4. The fourth-order valence-electron chi connectivity index (χ4n) is 2.61. The first-order valence-electron chi connectivity index (χ1n) is 6.04. The van der Waals surface area contributed by atoms with E-state index in [4.69, 9.17) is 5.73 Å². The Hall–Kier alpha value is -2.23. The Labute approximate surface area is 105 Å². The van der Waals surface area contributed by atoms with Crippen molar-refractivity contribution in [3.63, 3.8) is 0 Å². The zero-order valence-corrected chi connectivity index (χ0v) is 9.97. The minimum absolute atomic E-state index is 0.0343. The molecule has 0 aliphatic carbocycles. The molecule has 1 atom stereocenters.